The highest BCUT2D eigenvalue weighted by molar-refractivity contribution is 5.96. The van der Waals surface area contributed by atoms with Crippen molar-refractivity contribution >= 4 is 17.6 Å². The Kier molecular flexibility index (Phi) is 6.12. The van der Waals surface area contributed by atoms with Crippen molar-refractivity contribution in [3.8, 4) is 5.69 Å². The van der Waals surface area contributed by atoms with Crippen molar-refractivity contribution in [3.63, 3.8) is 0 Å². The first-order valence-electron chi connectivity index (χ1n) is 10.2. The van der Waals surface area contributed by atoms with Gasteiger partial charge < -0.3 is 10.1 Å². The second kappa shape index (κ2) is 9.30. The first-order chi connectivity index (χ1) is 15.5. The van der Waals surface area contributed by atoms with E-state index in [1.165, 1.54) is 0 Å². The van der Waals surface area contributed by atoms with E-state index in [-0.39, 0.29) is 6.61 Å². The Morgan fingerprint density at radius 1 is 1.00 bits per heavy atom. The Hall–Kier alpha value is -4.20. The van der Waals surface area contributed by atoms with Crippen molar-refractivity contribution in [1.29, 1.82) is 0 Å². The molecule has 32 heavy (non-hydrogen) atoms. The van der Waals surface area contributed by atoms with Crippen molar-refractivity contribution in [2.24, 2.45) is 0 Å². The van der Waals surface area contributed by atoms with Crippen LogP contribution < -0.4 is 5.32 Å². The molecule has 1 amide bonds. The molecule has 2 heterocycles. The van der Waals surface area contributed by atoms with E-state index in [9.17, 15) is 9.59 Å². The molecule has 0 saturated heterocycles. The van der Waals surface area contributed by atoms with Crippen LogP contribution in [0.25, 0.3) is 5.69 Å². The summed E-state index contributed by atoms with van der Waals surface area (Å²) in [6.07, 6.45) is 3.58. The number of nitrogens with zero attached hydrogens (tertiary/aromatic N) is 4. The van der Waals surface area contributed by atoms with Crippen LogP contribution in [0.15, 0.2) is 73.1 Å². The summed E-state index contributed by atoms with van der Waals surface area (Å²) in [4.78, 5) is 24.7. The number of aromatic nitrogens is 4. The quantitative estimate of drug-likeness (QED) is 0.454. The highest BCUT2D eigenvalue weighted by Crippen LogP contribution is 2.22. The minimum Gasteiger partial charge on any atom is -0.452 e. The molecule has 0 bridgehead atoms. The largest absolute Gasteiger partial charge is 0.452 e. The lowest BCUT2D eigenvalue weighted by Gasteiger charge is -2.08. The lowest BCUT2D eigenvalue weighted by Crippen LogP contribution is -2.21. The summed E-state index contributed by atoms with van der Waals surface area (Å²) in [6.45, 7) is 3.92. The van der Waals surface area contributed by atoms with Crippen LogP contribution in [-0.4, -0.2) is 38.0 Å². The van der Waals surface area contributed by atoms with Crippen molar-refractivity contribution in [2.45, 2.75) is 20.4 Å². The number of hydrogen-bond acceptors (Lipinski definition) is 5. The maximum Gasteiger partial charge on any atom is 0.338 e. The highest BCUT2D eigenvalue weighted by atomic mass is 16.5. The number of benzene rings is 2. The Balaban J connectivity index is 1.34. The summed E-state index contributed by atoms with van der Waals surface area (Å²) < 4.78 is 8.74. The molecule has 4 rings (SSSR count). The molecule has 2 aromatic heterocycles. The van der Waals surface area contributed by atoms with Crippen LogP contribution >= 0.6 is 0 Å². The number of aryl methyl sites for hydroxylation is 1. The first-order valence-corrected chi connectivity index (χ1v) is 10.2. The van der Waals surface area contributed by atoms with Gasteiger partial charge in [0.15, 0.2) is 6.61 Å². The fourth-order valence-corrected chi connectivity index (χ4v) is 3.36. The molecular formula is C24H23N5O3. The van der Waals surface area contributed by atoms with Crippen molar-refractivity contribution in [2.75, 3.05) is 11.9 Å². The van der Waals surface area contributed by atoms with Gasteiger partial charge in [0.2, 0.25) is 0 Å². The van der Waals surface area contributed by atoms with Gasteiger partial charge in [-0.05, 0) is 49.7 Å². The molecule has 0 aliphatic rings. The summed E-state index contributed by atoms with van der Waals surface area (Å²) in [6, 6.07) is 18.5. The van der Waals surface area contributed by atoms with Gasteiger partial charge in [-0.3, -0.25) is 9.48 Å². The van der Waals surface area contributed by atoms with Gasteiger partial charge in [0, 0.05) is 12.4 Å². The number of nitrogens with one attached hydrogen (secondary N) is 1. The molecule has 0 aliphatic heterocycles. The molecule has 4 aromatic rings. The molecule has 0 fully saturated rings. The second-order valence-electron chi connectivity index (χ2n) is 7.32. The zero-order valence-electron chi connectivity index (χ0n) is 17.9. The molecule has 1 N–H and O–H groups in total. The lowest BCUT2D eigenvalue weighted by molar-refractivity contribution is -0.119. The van der Waals surface area contributed by atoms with Crippen LogP contribution in [0, 0.1) is 13.8 Å². The van der Waals surface area contributed by atoms with E-state index < -0.39 is 11.9 Å². The zero-order valence-corrected chi connectivity index (χ0v) is 17.9. The molecule has 0 saturated carbocycles. The van der Waals surface area contributed by atoms with Gasteiger partial charge in [-0.15, -0.1) is 0 Å². The maximum atomic E-state index is 12.4. The lowest BCUT2D eigenvalue weighted by atomic mass is 10.1. The number of ether oxygens (including phenoxy) is 1. The summed E-state index contributed by atoms with van der Waals surface area (Å²) in [5, 5.41) is 11.5. The van der Waals surface area contributed by atoms with Gasteiger partial charge in [-0.25, -0.2) is 9.48 Å². The Morgan fingerprint density at radius 2 is 1.75 bits per heavy atom. The fourth-order valence-electron chi connectivity index (χ4n) is 3.36. The van der Waals surface area contributed by atoms with Crippen LogP contribution in [-0.2, 0) is 16.1 Å². The minimum atomic E-state index is -0.556. The number of hydrogen-bond donors (Lipinski definition) is 1. The summed E-state index contributed by atoms with van der Waals surface area (Å²) in [5.41, 5.74) is 4.37. The van der Waals surface area contributed by atoms with E-state index in [4.69, 9.17) is 4.74 Å². The standard InChI is InChI=1S/C24H23N5O3/c1-17-23(18(2)29(27-17)21-7-4-3-5-8-21)26-22(30)16-32-24(31)20-11-9-19(10-12-20)15-28-14-6-13-25-28/h3-14H,15-16H2,1-2H3,(H,26,30). The Labute approximate surface area is 185 Å². The predicted octanol–water partition coefficient (Wildman–Crippen LogP) is 3.53. The van der Waals surface area contributed by atoms with E-state index in [0.29, 0.717) is 23.5 Å². The monoisotopic (exact) mass is 429 g/mol. The molecule has 8 heteroatoms. The van der Waals surface area contributed by atoms with Gasteiger partial charge in [-0.1, -0.05) is 30.3 Å². The minimum absolute atomic E-state index is 0.381. The smallest absolute Gasteiger partial charge is 0.338 e. The zero-order chi connectivity index (χ0) is 22.5. The van der Waals surface area contributed by atoms with Crippen LogP contribution in [0.3, 0.4) is 0 Å². The maximum absolute atomic E-state index is 12.4. The van der Waals surface area contributed by atoms with Crippen LogP contribution in [0.4, 0.5) is 5.69 Å². The average Bonchev–Trinajstić information content (AvgIpc) is 3.42. The normalized spacial score (nSPS) is 10.7. The topological polar surface area (TPSA) is 91.0 Å². The van der Waals surface area contributed by atoms with E-state index >= 15 is 0 Å². The van der Waals surface area contributed by atoms with Gasteiger partial charge in [0.25, 0.3) is 5.91 Å². The molecule has 0 spiro atoms. The van der Waals surface area contributed by atoms with E-state index in [1.54, 1.807) is 27.7 Å². The molecular weight excluding hydrogens is 406 g/mol. The number of carbonyl (C=O) groups excluding carboxylic acids is 2. The average molecular weight is 429 g/mol. The molecule has 0 atom stereocenters. The predicted molar refractivity (Wildman–Crippen MR) is 120 cm³/mol. The Morgan fingerprint density at radius 3 is 2.44 bits per heavy atom. The van der Waals surface area contributed by atoms with Gasteiger partial charge >= 0.3 is 5.97 Å². The number of carbonyl (C=O) groups is 2. The van der Waals surface area contributed by atoms with E-state index in [0.717, 1.165) is 16.9 Å². The van der Waals surface area contributed by atoms with E-state index in [2.05, 4.69) is 15.5 Å². The van der Waals surface area contributed by atoms with Gasteiger partial charge in [0.1, 0.15) is 0 Å². The molecule has 8 nitrogen and oxygen atoms in total. The van der Waals surface area contributed by atoms with Gasteiger partial charge in [0.05, 0.1) is 34.9 Å². The second-order valence-corrected chi connectivity index (χ2v) is 7.32. The third kappa shape index (κ3) is 4.75. The number of rotatable bonds is 7. The fraction of sp³-hybridized carbons (Fsp3) is 0.167. The highest BCUT2D eigenvalue weighted by Gasteiger charge is 2.16. The molecule has 2 aromatic carbocycles. The van der Waals surface area contributed by atoms with Crippen molar-refractivity contribution < 1.29 is 14.3 Å². The third-order valence-corrected chi connectivity index (χ3v) is 4.98. The molecule has 0 unspecified atom stereocenters. The van der Waals surface area contributed by atoms with Gasteiger partial charge in [-0.2, -0.15) is 10.2 Å². The number of para-hydroxylation sites is 1. The first kappa shape index (κ1) is 21.0. The molecule has 0 radical (unpaired) electrons. The van der Waals surface area contributed by atoms with Crippen LogP contribution in [0.5, 0.6) is 0 Å². The summed E-state index contributed by atoms with van der Waals surface area (Å²) in [7, 11) is 0. The van der Waals surface area contributed by atoms with Crippen LogP contribution in [0.1, 0.15) is 27.3 Å². The Bertz CT molecular complexity index is 1210. The third-order valence-electron chi connectivity index (χ3n) is 4.98. The number of esters is 1. The van der Waals surface area contributed by atoms with Crippen molar-refractivity contribution in [1.82, 2.24) is 19.6 Å². The van der Waals surface area contributed by atoms with Crippen molar-refractivity contribution in [3.05, 3.63) is 95.6 Å². The summed E-state index contributed by atoms with van der Waals surface area (Å²) in [5.74, 6) is -0.980. The summed E-state index contributed by atoms with van der Waals surface area (Å²) >= 11 is 0. The van der Waals surface area contributed by atoms with Crippen LogP contribution in [0.2, 0.25) is 0 Å². The number of amides is 1. The SMILES string of the molecule is Cc1nn(-c2ccccc2)c(C)c1NC(=O)COC(=O)c1ccc(Cn2cccn2)cc1. The van der Waals surface area contributed by atoms with E-state index in [1.807, 2.05) is 68.6 Å². The molecule has 162 valence electrons. The molecule has 0 aliphatic carbocycles. The number of anilines is 1.